The minimum absolute atomic E-state index is 0.195. The molecule has 1 saturated heterocycles. The van der Waals surface area contributed by atoms with Gasteiger partial charge in [0.15, 0.2) is 0 Å². The second-order valence-corrected chi connectivity index (χ2v) is 4.37. The molecule has 0 spiro atoms. The fourth-order valence-corrected chi connectivity index (χ4v) is 2.52. The van der Waals surface area contributed by atoms with Gasteiger partial charge < -0.3 is 5.73 Å². The molecule has 1 aliphatic rings. The Morgan fingerprint density at radius 3 is 3.00 bits per heavy atom. The van der Waals surface area contributed by atoms with Crippen molar-refractivity contribution >= 4 is 0 Å². The third-order valence-electron chi connectivity index (χ3n) is 3.27. The van der Waals surface area contributed by atoms with Crippen molar-refractivity contribution in [3.63, 3.8) is 0 Å². The van der Waals surface area contributed by atoms with Gasteiger partial charge in [0.05, 0.1) is 6.04 Å². The van der Waals surface area contributed by atoms with Gasteiger partial charge in [0, 0.05) is 19.1 Å². The first-order chi connectivity index (χ1) is 7.77. The van der Waals surface area contributed by atoms with E-state index in [0.717, 1.165) is 38.3 Å². The summed E-state index contributed by atoms with van der Waals surface area (Å²) in [6.45, 7) is 7.32. The number of rotatable bonds is 4. The van der Waals surface area contributed by atoms with Crippen LogP contribution in [0, 0.1) is 0 Å². The molecule has 1 fully saturated rings. The van der Waals surface area contributed by atoms with Crippen molar-refractivity contribution in [2.45, 2.75) is 45.3 Å². The molecule has 0 unspecified atom stereocenters. The summed E-state index contributed by atoms with van der Waals surface area (Å²) >= 11 is 0. The highest BCUT2D eigenvalue weighted by Gasteiger charge is 2.35. The Kier molecular flexibility index (Phi) is 3.56. The second-order valence-electron chi connectivity index (χ2n) is 4.37. The van der Waals surface area contributed by atoms with Crippen LogP contribution in [-0.2, 0) is 6.54 Å². The Morgan fingerprint density at radius 1 is 1.50 bits per heavy atom. The summed E-state index contributed by atoms with van der Waals surface area (Å²) < 4.78 is 1.96. The molecule has 2 N–H and O–H groups in total. The van der Waals surface area contributed by atoms with Crippen LogP contribution in [0.4, 0.5) is 0 Å². The summed E-state index contributed by atoms with van der Waals surface area (Å²) in [5, 5.41) is 4.23. The quantitative estimate of drug-likeness (QED) is 0.819. The van der Waals surface area contributed by atoms with Gasteiger partial charge in [-0.2, -0.15) is 5.10 Å². The third kappa shape index (κ3) is 1.97. The molecule has 0 amide bonds. The van der Waals surface area contributed by atoms with Gasteiger partial charge in [-0.05, 0) is 26.3 Å². The van der Waals surface area contributed by atoms with Gasteiger partial charge in [0.2, 0.25) is 0 Å². The van der Waals surface area contributed by atoms with E-state index in [9.17, 15) is 0 Å². The van der Waals surface area contributed by atoms with Crippen LogP contribution in [0.15, 0.2) is 6.33 Å². The number of aromatic nitrogens is 3. The number of aryl methyl sites for hydroxylation is 1. The van der Waals surface area contributed by atoms with E-state index < -0.39 is 0 Å². The lowest BCUT2D eigenvalue weighted by molar-refractivity contribution is 0.232. The summed E-state index contributed by atoms with van der Waals surface area (Å²) in [5.74, 6) is 1.03. The molecule has 5 heteroatoms. The van der Waals surface area contributed by atoms with Crippen molar-refractivity contribution in [3.8, 4) is 0 Å². The van der Waals surface area contributed by atoms with Gasteiger partial charge in [-0.1, -0.05) is 6.92 Å². The largest absolute Gasteiger partial charge is 0.326 e. The zero-order chi connectivity index (χ0) is 11.5. The van der Waals surface area contributed by atoms with Crippen LogP contribution in [0.25, 0.3) is 0 Å². The van der Waals surface area contributed by atoms with E-state index in [-0.39, 0.29) is 12.1 Å². The first kappa shape index (κ1) is 11.5. The lowest BCUT2D eigenvalue weighted by Gasteiger charge is -2.25. The van der Waals surface area contributed by atoms with Crippen molar-refractivity contribution in [2.75, 3.05) is 13.1 Å². The maximum Gasteiger partial charge on any atom is 0.145 e. The van der Waals surface area contributed by atoms with Crippen LogP contribution < -0.4 is 5.73 Å². The van der Waals surface area contributed by atoms with Gasteiger partial charge in [-0.15, -0.1) is 0 Å². The van der Waals surface area contributed by atoms with Crippen molar-refractivity contribution in [3.05, 3.63) is 12.2 Å². The summed E-state index contributed by atoms with van der Waals surface area (Å²) in [5.41, 5.74) is 6.19. The number of nitrogens with two attached hydrogens (primary N) is 1. The lowest BCUT2D eigenvalue weighted by atomic mass is 10.1. The standard InChI is InChI=1S/C11H21N5/c1-3-6-15-7-5-9(12)10(15)11-13-8-14-16(11)4-2/h8-10H,3-7,12H2,1-2H3/t9-,10-/m1/s1. The molecule has 2 heterocycles. The fourth-order valence-electron chi connectivity index (χ4n) is 2.52. The molecule has 16 heavy (non-hydrogen) atoms. The Bertz CT molecular complexity index is 333. The zero-order valence-corrected chi connectivity index (χ0v) is 10.1. The second kappa shape index (κ2) is 4.93. The van der Waals surface area contributed by atoms with E-state index in [0.29, 0.717) is 0 Å². The normalized spacial score (nSPS) is 26.4. The average molecular weight is 223 g/mol. The van der Waals surface area contributed by atoms with Crippen LogP contribution in [0.1, 0.15) is 38.6 Å². The molecule has 1 aromatic rings. The van der Waals surface area contributed by atoms with Crippen LogP contribution in [0.5, 0.6) is 0 Å². The highest BCUT2D eigenvalue weighted by atomic mass is 15.4. The molecule has 2 rings (SSSR count). The minimum Gasteiger partial charge on any atom is -0.326 e. The molecule has 0 aromatic carbocycles. The number of likely N-dealkylation sites (tertiary alicyclic amines) is 1. The van der Waals surface area contributed by atoms with E-state index in [1.165, 1.54) is 0 Å². The molecule has 0 saturated carbocycles. The number of hydrogen-bond acceptors (Lipinski definition) is 4. The van der Waals surface area contributed by atoms with E-state index in [2.05, 4.69) is 28.8 Å². The first-order valence-electron chi connectivity index (χ1n) is 6.15. The van der Waals surface area contributed by atoms with Crippen molar-refractivity contribution in [1.82, 2.24) is 19.7 Å². The Labute approximate surface area is 96.6 Å². The smallest absolute Gasteiger partial charge is 0.145 e. The summed E-state index contributed by atoms with van der Waals surface area (Å²) in [7, 11) is 0. The molecular formula is C11H21N5. The summed E-state index contributed by atoms with van der Waals surface area (Å²) in [6.07, 6.45) is 3.85. The Balaban J connectivity index is 2.22. The maximum absolute atomic E-state index is 6.19. The fraction of sp³-hybridized carbons (Fsp3) is 0.818. The van der Waals surface area contributed by atoms with Crippen LogP contribution in [0.3, 0.4) is 0 Å². The highest BCUT2D eigenvalue weighted by Crippen LogP contribution is 2.29. The molecule has 5 nitrogen and oxygen atoms in total. The SMILES string of the molecule is CCCN1CC[C@@H](N)[C@@H]1c1ncnn1CC. The number of hydrogen-bond donors (Lipinski definition) is 1. The highest BCUT2D eigenvalue weighted by molar-refractivity contribution is 5.04. The maximum atomic E-state index is 6.19. The van der Waals surface area contributed by atoms with Gasteiger partial charge in [0.1, 0.15) is 12.2 Å². The molecule has 2 atom stereocenters. The molecule has 0 aliphatic carbocycles. The van der Waals surface area contributed by atoms with Gasteiger partial charge in [0.25, 0.3) is 0 Å². The predicted molar refractivity (Wildman–Crippen MR) is 62.9 cm³/mol. The van der Waals surface area contributed by atoms with E-state index in [4.69, 9.17) is 5.73 Å². The third-order valence-corrected chi connectivity index (χ3v) is 3.27. The molecule has 1 aliphatic heterocycles. The van der Waals surface area contributed by atoms with E-state index in [1.54, 1.807) is 6.33 Å². The van der Waals surface area contributed by atoms with Crippen molar-refractivity contribution < 1.29 is 0 Å². The Morgan fingerprint density at radius 2 is 2.31 bits per heavy atom. The van der Waals surface area contributed by atoms with Gasteiger partial charge in [-0.25, -0.2) is 9.67 Å². The topological polar surface area (TPSA) is 60.0 Å². The number of nitrogens with zero attached hydrogens (tertiary/aromatic N) is 4. The van der Waals surface area contributed by atoms with Gasteiger partial charge >= 0.3 is 0 Å². The van der Waals surface area contributed by atoms with Crippen molar-refractivity contribution in [2.24, 2.45) is 5.73 Å². The monoisotopic (exact) mass is 223 g/mol. The molecule has 0 radical (unpaired) electrons. The van der Waals surface area contributed by atoms with Gasteiger partial charge in [-0.3, -0.25) is 4.90 Å². The minimum atomic E-state index is 0.195. The van der Waals surface area contributed by atoms with Crippen LogP contribution in [-0.4, -0.2) is 38.8 Å². The first-order valence-corrected chi connectivity index (χ1v) is 6.15. The van der Waals surface area contributed by atoms with Crippen LogP contribution >= 0.6 is 0 Å². The lowest BCUT2D eigenvalue weighted by Crippen LogP contribution is -2.34. The van der Waals surface area contributed by atoms with E-state index >= 15 is 0 Å². The summed E-state index contributed by atoms with van der Waals surface area (Å²) in [6, 6.07) is 0.448. The predicted octanol–water partition coefficient (Wildman–Crippen LogP) is 0.782. The molecular weight excluding hydrogens is 202 g/mol. The molecule has 90 valence electrons. The zero-order valence-electron chi connectivity index (χ0n) is 10.1. The average Bonchev–Trinajstić information content (AvgIpc) is 2.85. The Hall–Kier alpha value is -0.940. The van der Waals surface area contributed by atoms with E-state index in [1.807, 2.05) is 4.68 Å². The molecule has 1 aromatic heterocycles. The van der Waals surface area contributed by atoms with Crippen LogP contribution in [0.2, 0.25) is 0 Å². The van der Waals surface area contributed by atoms with Crippen molar-refractivity contribution in [1.29, 1.82) is 0 Å². The summed E-state index contributed by atoms with van der Waals surface area (Å²) in [4.78, 5) is 6.81. The molecule has 0 bridgehead atoms.